The van der Waals surface area contributed by atoms with Gasteiger partial charge in [0.25, 0.3) is 0 Å². The number of carbonyl (C=O) groups is 1. The largest absolute Gasteiger partial charge is 0.338 e. The minimum absolute atomic E-state index is 0.378. The molecule has 0 aromatic rings. The van der Waals surface area contributed by atoms with Crippen LogP contribution < -0.4 is 0 Å². The molecule has 0 radical (unpaired) electrons. The van der Waals surface area contributed by atoms with Crippen LogP contribution in [0.3, 0.4) is 0 Å². The molecule has 2 aliphatic rings. The summed E-state index contributed by atoms with van der Waals surface area (Å²) in [5, 5.41) is 0. The molecule has 0 atom stereocenters. The second-order valence-corrected chi connectivity index (χ2v) is 5.55. The smallest absolute Gasteiger partial charge is 0.225 e. The average Bonchev–Trinajstić information content (AvgIpc) is 2.96. The van der Waals surface area contributed by atoms with E-state index in [0.29, 0.717) is 17.9 Å². The molecule has 0 heterocycles. The Morgan fingerprint density at radius 3 is 2.19 bits per heavy atom. The zero-order valence-electron chi connectivity index (χ0n) is 10.6. The van der Waals surface area contributed by atoms with Gasteiger partial charge < -0.3 is 9.80 Å². The molecule has 2 saturated carbocycles. The Morgan fingerprint density at radius 2 is 1.69 bits per heavy atom. The number of carbonyl (C=O) groups excluding carboxylic acids is 1. The van der Waals surface area contributed by atoms with Crippen LogP contribution in [-0.4, -0.2) is 48.9 Å². The molecular formula is C13H24N2O. The molecule has 92 valence electrons. The van der Waals surface area contributed by atoms with E-state index in [1.165, 1.54) is 25.7 Å². The first kappa shape index (κ1) is 11.9. The third-order valence-electron chi connectivity index (χ3n) is 3.76. The van der Waals surface area contributed by atoms with Crippen LogP contribution in [0.5, 0.6) is 0 Å². The monoisotopic (exact) mass is 224 g/mol. The van der Waals surface area contributed by atoms with Crippen LogP contribution in [0.15, 0.2) is 0 Å². The number of hydrogen-bond donors (Lipinski definition) is 0. The summed E-state index contributed by atoms with van der Waals surface area (Å²) in [5.41, 5.74) is 0. The Balaban J connectivity index is 1.91. The Kier molecular flexibility index (Phi) is 3.85. The molecule has 0 saturated heterocycles. The average molecular weight is 224 g/mol. The quantitative estimate of drug-likeness (QED) is 0.710. The van der Waals surface area contributed by atoms with Crippen molar-refractivity contribution in [3.05, 3.63) is 0 Å². The highest BCUT2D eigenvalue weighted by Crippen LogP contribution is 2.34. The third-order valence-corrected chi connectivity index (χ3v) is 3.76. The molecule has 0 aliphatic heterocycles. The Morgan fingerprint density at radius 1 is 1.06 bits per heavy atom. The first-order valence-electron chi connectivity index (χ1n) is 6.63. The van der Waals surface area contributed by atoms with Gasteiger partial charge in [-0.25, -0.2) is 0 Å². The SMILES string of the molecule is CN(C)CCN(C(=O)C1CC1)C1CCCC1. The second-order valence-electron chi connectivity index (χ2n) is 5.55. The Labute approximate surface area is 98.8 Å². The number of rotatable bonds is 5. The lowest BCUT2D eigenvalue weighted by Crippen LogP contribution is -2.43. The topological polar surface area (TPSA) is 23.6 Å². The summed E-state index contributed by atoms with van der Waals surface area (Å²) in [4.78, 5) is 16.6. The lowest BCUT2D eigenvalue weighted by molar-refractivity contribution is -0.135. The summed E-state index contributed by atoms with van der Waals surface area (Å²) >= 11 is 0. The van der Waals surface area contributed by atoms with Crippen molar-refractivity contribution in [2.45, 2.75) is 44.6 Å². The van der Waals surface area contributed by atoms with Gasteiger partial charge in [-0.3, -0.25) is 4.79 Å². The fourth-order valence-corrected chi connectivity index (χ4v) is 2.56. The van der Waals surface area contributed by atoms with E-state index in [0.717, 1.165) is 25.9 Å². The Bertz CT molecular complexity index is 242. The van der Waals surface area contributed by atoms with E-state index in [1.54, 1.807) is 0 Å². The predicted octanol–water partition coefficient (Wildman–Crippen LogP) is 1.73. The van der Waals surface area contributed by atoms with Crippen LogP contribution in [0.4, 0.5) is 0 Å². The van der Waals surface area contributed by atoms with Crippen molar-refractivity contribution >= 4 is 5.91 Å². The van der Waals surface area contributed by atoms with Crippen LogP contribution in [0.2, 0.25) is 0 Å². The van der Waals surface area contributed by atoms with Gasteiger partial charge in [0.05, 0.1) is 0 Å². The number of likely N-dealkylation sites (N-methyl/N-ethyl adjacent to an activating group) is 1. The van der Waals surface area contributed by atoms with E-state index < -0.39 is 0 Å². The normalized spacial score (nSPS) is 21.7. The highest BCUT2D eigenvalue weighted by Gasteiger charge is 2.36. The van der Waals surface area contributed by atoms with Crippen molar-refractivity contribution < 1.29 is 4.79 Å². The van der Waals surface area contributed by atoms with Gasteiger partial charge in [-0.05, 0) is 39.8 Å². The maximum absolute atomic E-state index is 12.2. The van der Waals surface area contributed by atoms with E-state index in [2.05, 4.69) is 23.9 Å². The van der Waals surface area contributed by atoms with Crippen LogP contribution >= 0.6 is 0 Å². The fourth-order valence-electron chi connectivity index (χ4n) is 2.56. The van der Waals surface area contributed by atoms with Gasteiger partial charge in [0.2, 0.25) is 5.91 Å². The zero-order valence-corrected chi connectivity index (χ0v) is 10.6. The molecular weight excluding hydrogens is 200 g/mol. The van der Waals surface area contributed by atoms with Gasteiger partial charge >= 0.3 is 0 Å². The molecule has 0 N–H and O–H groups in total. The number of nitrogens with zero attached hydrogens (tertiary/aromatic N) is 2. The van der Waals surface area contributed by atoms with E-state index in [9.17, 15) is 4.79 Å². The molecule has 3 nitrogen and oxygen atoms in total. The van der Waals surface area contributed by atoms with Crippen LogP contribution in [0, 0.1) is 5.92 Å². The van der Waals surface area contributed by atoms with E-state index in [-0.39, 0.29) is 0 Å². The van der Waals surface area contributed by atoms with E-state index in [1.807, 2.05) is 0 Å². The highest BCUT2D eigenvalue weighted by molar-refractivity contribution is 5.81. The number of hydrogen-bond acceptors (Lipinski definition) is 2. The zero-order chi connectivity index (χ0) is 11.5. The minimum atomic E-state index is 0.378. The summed E-state index contributed by atoms with van der Waals surface area (Å²) < 4.78 is 0. The summed E-state index contributed by atoms with van der Waals surface area (Å²) in [5.74, 6) is 0.816. The van der Waals surface area contributed by atoms with E-state index >= 15 is 0 Å². The van der Waals surface area contributed by atoms with Gasteiger partial charge in [0.1, 0.15) is 0 Å². The Hall–Kier alpha value is -0.570. The molecule has 2 rings (SSSR count). The van der Waals surface area contributed by atoms with Gasteiger partial charge in [0, 0.05) is 25.0 Å². The van der Waals surface area contributed by atoms with Gasteiger partial charge in [-0.15, -0.1) is 0 Å². The standard InChI is InChI=1S/C13H24N2O/c1-14(2)9-10-15(12-5-3-4-6-12)13(16)11-7-8-11/h11-12H,3-10H2,1-2H3. The maximum Gasteiger partial charge on any atom is 0.225 e. The molecule has 0 spiro atoms. The van der Waals surface area contributed by atoms with Crippen LogP contribution in [-0.2, 0) is 4.79 Å². The summed E-state index contributed by atoms with van der Waals surface area (Å²) in [6.45, 7) is 1.92. The molecule has 2 fully saturated rings. The first-order chi connectivity index (χ1) is 7.68. The summed E-state index contributed by atoms with van der Waals surface area (Å²) in [7, 11) is 4.16. The third kappa shape index (κ3) is 2.97. The lowest BCUT2D eigenvalue weighted by atomic mass is 10.2. The molecule has 0 aromatic heterocycles. The predicted molar refractivity (Wildman–Crippen MR) is 65.2 cm³/mol. The maximum atomic E-state index is 12.2. The number of amides is 1. The highest BCUT2D eigenvalue weighted by atomic mass is 16.2. The van der Waals surface area contributed by atoms with Gasteiger partial charge in [-0.1, -0.05) is 12.8 Å². The van der Waals surface area contributed by atoms with Crippen LogP contribution in [0.25, 0.3) is 0 Å². The minimum Gasteiger partial charge on any atom is -0.338 e. The van der Waals surface area contributed by atoms with Gasteiger partial charge in [0.15, 0.2) is 0 Å². The van der Waals surface area contributed by atoms with Crippen molar-refractivity contribution in [2.75, 3.05) is 27.2 Å². The van der Waals surface area contributed by atoms with Gasteiger partial charge in [-0.2, -0.15) is 0 Å². The molecule has 16 heavy (non-hydrogen) atoms. The van der Waals surface area contributed by atoms with Crippen molar-refractivity contribution in [2.24, 2.45) is 5.92 Å². The summed E-state index contributed by atoms with van der Waals surface area (Å²) in [6, 6.07) is 0.549. The van der Waals surface area contributed by atoms with Crippen molar-refractivity contribution in [3.8, 4) is 0 Å². The molecule has 3 heteroatoms. The first-order valence-corrected chi connectivity index (χ1v) is 6.63. The summed E-state index contributed by atoms with van der Waals surface area (Å²) in [6.07, 6.45) is 7.33. The molecule has 1 amide bonds. The van der Waals surface area contributed by atoms with Crippen molar-refractivity contribution in [3.63, 3.8) is 0 Å². The van der Waals surface area contributed by atoms with Crippen molar-refractivity contribution in [1.82, 2.24) is 9.80 Å². The fraction of sp³-hybridized carbons (Fsp3) is 0.923. The van der Waals surface area contributed by atoms with E-state index in [4.69, 9.17) is 0 Å². The van der Waals surface area contributed by atoms with Crippen molar-refractivity contribution in [1.29, 1.82) is 0 Å². The lowest BCUT2D eigenvalue weighted by Gasteiger charge is -2.30. The molecule has 0 bridgehead atoms. The molecule has 2 aliphatic carbocycles. The second kappa shape index (κ2) is 5.17. The molecule has 0 unspecified atom stereocenters. The molecule has 0 aromatic carbocycles. The van der Waals surface area contributed by atoms with Crippen LogP contribution in [0.1, 0.15) is 38.5 Å².